The standard InChI is InChI=1S/C15H24N2O3/c1-12-11-13(16)6-7-14(12)17-15(18)5-3-9-20-10-4-8-19-2/h6-7,11H,3-5,8-10,16H2,1-2H3,(H,17,18). The van der Waals surface area contributed by atoms with E-state index in [1.807, 2.05) is 19.1 Å². The van der Waals surface area contributed by atoms with Crippen LogP contribution in [0.3, 0.4) is 0 Å². The molecule has 20 heavy (non-hydrogen) atoms. The van der Waals surface area contributed by atoms with Gasteiger partial charge in [-0.3, -0.25) is 4.79 Å². The number of methoxy groups -OCH3 is 1. The predicted octanol–water partition coefficient (Wildman–Crippen LogP) is 2.35. The minimum Gasteiger partial charge on any atom is -0.399 e. The number of aryl methyl sites for hydroxylation is 1. The van der Waals surface area contributed by atoms with E-state index in [0.29, 0.717) is 38.3 Å². The summed E-state index contributed by atoms with van der Waals surface area (Å²) in [6, 6.07) is 5.44. The fourth-order valence-electron chi connectivity index (χ4n) is 1.78. The minimum atomic E-state index is -0.00152. The van der Waals surface area contributed by atoms with Gasteiger partial charge in [-0.2, -0.15) is 0 Å². The highest BCUT2D eigenvalue weighted by Gasteiger charge is 2.04. The van der Waals surface area contributed by atoms with Crippen LogP contribution < -0.4 is 11.1 Å². The lowest BCUT2D eigenvalue weighted by molar-refractivity contribution is -0.116. The van der Waals surface area contributed by atoms with E-state index < -0.39 is 0 Å². The molecule has 0 aliphatic rings. The van der Waals surface area contributed by atoms with Crippen LogP contribution in [0, 0.1) is 6.92 Å². The van der Waals surface area contributed by atoms with E-state index in [9.17, 15) is 4.79 Å². The van der Waals surface area contributed by atoms with Gasteiger partial charge in [0.2, 0.25) is 5.91 Å². The van der Waals surface area contributed by atoms with Gasteiger partial charge in [0.1, 0.15) is 0 Å². The number of hydrogen-bond donors (Lipinski definition) is 2. The summed E-state index contributed by atoms with van der Waals surface area (Å²) in [5.41, 5.74) is 8.14. The van der Waals surface area contributed by atoms with Crippen LogP contribution in [0.1, 0.15) is 24.8 Å². The van der Waals surface area contributed by atoms with E-state index in [0.717, 1.165) is 17.7 Å². The summed E-state index contributed by atoms with van der Waals surface area (Å²) in [4.78, 5) is 11.8. The maximum atomic E-state index is 11.8. The Morgan fingerprint density at radius 3 is 2.70 bits per heavy atom. The first-order valence-electron chi connectivity index (χ1n) is 6.86. The van der Waals surface area contributed by atoms with E-state index in [-0.39, 0.29) is 5.91 Å². The Hall–Kier alpha value is -1.59. The van der Waals surface area contributed by atoms with E-state index in [1.165, 1.54) is 0 Å². The van der Waals surface area contributed by atoms with Gasteiger partial charge in [-0.1, -0.05) is 0 Å². The molecule has 3 N–H and O–H groups in total. The first-order valence-corrected chi connectivity index (χ1v) is 6.86. The number of hydrogen-bond acceptors (Lipinski definition) is 4. The van der Waals surface area contributed by atoms with Crippen LogP contribution in [0.4, 0.5) is 11.4 Å². The SMILES string of the molecule is COCCCOCCCC(=O)Nc1ccc(N)cc1C. The molecule has 1 rings (SSSR count). The largest absolute Gasteiger partial charge is 0.399 e. The number of nitrogens with one attached hydrogen (secondary N) is 1. The molecular weight excluding hydrogens is 256 g/mol. The van der Waals surface area contributed by atoms with Crippen molar-refractivity contribution in [2.24, 2.45) is 0 Å². The summed E-state index contributed by atoms with van der Waals surface area (Å²) in [6.45, 7) is 3.90. The molecule has 0 heterocycles. The van der Waals surface area contributed by atoms with Crippen molar-refractivity contribution >= 4 is 17.3 Å². The average molecular weight is 280 g/mol. The van der Waals surface area contributed by atoms with Gasteiger partial charge in [0.25, 0.3) is 0 Å². The van der Waals surface area contributed by atoms with E-state index in [1.54, 1.807) is 13.2 Å². The monoisotopic (exact) mass is 280 g/mol. The van der Waals surface area contributed by atoms with E-state index in [2.05, 4.69) is 5.32 Å². The Bertz CT molecular complexity index is 422. The minimum absolute atomic E-state index is 0.00152. The van der Waals surface area contributed by atoms with Gasteiger partial charge < -0.3 is 20.5 Å². The summed E-state index contributed by atoms with van der Waals surface area (Å²) >= 11 is 0. The van der Waals surface area contributed by atoms with Crippen LogP contribution >= 0.6 is 0 Å². The molecule has 5 heteroatoms. The van der Waals surface area contributed by atoms with Gasteiger partial charge in [-0.05, 0) is 43.5 Å². The fourth-order valence-corrected chi connectivity index (χ4v) is 1.78. The summed E-state index contributed by atoms with van der Waals surface area (Å²) in [5, 5.41) is 2.88. The lowest BCUT2D eigenvalue weighted by Crippen LogP contribution is -2.13. The van der Waals surface area contributed by atoms with Crippen molar-refractivity contribution in [3.05, 3.63) is 23.8 Å². The molecule has 0 saturated heterocycles. The first kappa shape index (κ1) is 16.5. The van der Waals surface area contributed by atoms with Gasteiger partial charge in [0.05, 0.1) is 0 Å². The van der Waals surface area contributed by atoms with Crippen LogP contribution in [-0.4, -0.2) is 32.8 Å². The van der Waals surface area contributed by atoms with Crippen LogP contribution in [-0.2, 0) is 14.3 Å². The van der Waals surface area contributed by atoms with Crippen LogP contribution in [0.15, 0.2) is 18.2 Å². The molecule has 1 amide bonds. The highest BCUT2D eigenvalue weighted by atomic mass is 16.5. The molecule has 0 aliphatic carbocycles. The number of anilines is 2. The van der Waals surface area contributed by atoms with Gasteiger partial charge in [-0.25, -0.2) is 0 Å². The van der Waals surface area contributed by atoms with Gasteiger partial charge >= 0.3 is 0 Å². The number of ether oxygens (including phenoxy) is 2. The lowest BCUT2D eigenvalue weighted by atomic mass is 10.1. The van der Waals surface area contributed by atoms with Crippen molar-refractivity contribution in [1.82, 2.24) is 0 Å². The van der Waals surface area contributed by atoms with Crippen molar-refractivity contribution < 1.29 is 14.3 Å². The lowest BCUT2D eigenvalue weighted by Gasteiger charge is -2.09. The number of nitrogens with two attached hydrogens (primary N) is 1. The Morgan fingerprint density at radius 1 is 1.25 bits per heavy atom. The van der Waals surface area contributed by atoms with E-state index in [4.69, 9.17) is 15.2 Å². The quantitative estimate of drug-likeness (QED) is 0.538. The summed E-state index contributed by atoms with van der Waals surface area (Å²) in [7, 11) is 1.67. The summed E-state index contributed by atoms with van der Waals surface area (Å²) < 4.78 is 10.3. The molecular formula is C15H24N2O3. The molecule has 1 aromatic carbocycles. The maximum absolute atomic E-state index is 11.8. The summed E-state index contributed by atoms with van der Waals surface area (Å²) in [6.07, 6.45) is 2.05. The Balaban J connectivity index is 2.17. The second kappa shape index (κ2) is 9.34. The van der Waals surface area contributed by atoms with Gasteiger partial charge in [0, 0.05) is 44.7 Å². The number of benzene rings is 1. The Morgan fingerprint density at radius 2 is 2.00 bits per heavy atom. The van der Waals surface area contributed by atoms with Crippen molar-refractivity contribution in [3.63, 3.8) is 0 Å². The molecule has 0 fully saturated rings. The third-order valence-electron chi connectivity index (χ3n) is 2.85. The Labute approximate surface area is 120 Å². The van der Waals surface area contributed by atoms with Crippen molar-refractivity contribution in [3.8, 4) is 0 Å². The molecule has 112 valence electrons. The number of nitrogen functional groups attached to an aromatic ring is 1. The second-order valence-electron chi connectivity index (χ2n) is 4.68. The molecule has 0 radical (unpaired) electrons. The topological polar surface area (TPSA) is 73.6 Å². The highest BCUT2D eigenvalue weighted by molar-refractivity contribution is 5.91. The van der Waals surface area contributed by atoms with Gasteiger partial charge in [0.15, 0.2) is 0 Å². The molecule has 1 aromatic rings. The zero-order chi connectivity index (χ0) is 14.8. The normalized spacial score (nSPS) is 10.5. The number of carbonyl (C=O) groups excluding carboxylic acids is 1. The predicted molar refractivity (Wildman–Crippen MR) is 80.8 cm³/mol. The third kappa shape index (κ3) is 6.54. The molecule has 0 saturated carbocycles. The smallest absolute Gasteiger partial charge is 0.224 e. The zero-order valence-corrected chi connectivity index (χ0v) is 12.3. The van der Waals surface area contributed by atoms with Crippen LogP contribution in [0.5, 0.6) is 0 Å². The van der Waals surface area contributed by atoms with Crippen molar-refractivity contribution in [2.45, 2.75) is 26.2 Å². The van der Waals surface area contributed by atoms with Crippen molar-refractivity contribution in [2.75, 3.05) is 38.0 Å². The number of carbonyl (C=O) groups is 1. The van der Waals surface area contributed by atoms with Crippen LogP contribution in [0.2, 0.25) is 0 Å². The van der Waals surface area contributed by atoms with Crippen LogP contribution in [0.25, 0.3) is 0 Å². The molecule has 5 nitrogen and oxygen atoms in total. The van der Waals surface area contributed by atoms with E-state index >= 15 is 0 Å². The highest BCUT2D eigenvalue weighted by Crippen LogP contribution is 2.17. The molecule has 0 spiro atoms. The molecule has 0 unspecified atom stereocenters. The third-order valence-corrected chi connectivity index (χ3v) is 2.85. The number of amides is 1. The molecule has 0 bridgehead atoms. The number of rotatable bonds is 9. The molecule has 0 aliphatic heterocycles. The Kier molecular flexibility index (Phi) is 7.69. The van der Waals surface area contributed by atoms with Crippen molar-refractivity contribution in [1.29, 1.82) is 0 Å². The zero-order valence-electron chi connectivity index (χ0n) is 12.3. The second-order valence-corrected chi connectivity index (χ2v) is 4.68. The first-order chi connectivity index (χ1) is 9.63. The molecule has 0 atom stereocenters. The average Bonchev–Trinajstić information content (AvgIpc) is 2.41. The summed E-state index contributed by atoms with van der Waals surface area (Å²) in [5.74, 6) is -0.00152. The van der Waals surface area contributed by atoms with Gasteiger partial charge in [-0.15, -0.1) is 0 Å². The maximum Gasteiger partial charge on any atom is 0.224 e. The molecule has 0 aromatic heterocycles. The fraction of sp³-hybridized carbons (Fsp3) is 0.533.